The number of rotatable bonds is 9. The molecule has 0 bridgehead atoms. The molecule has 2 rings (SSSR count). The Kier molecular flexibility index (Phi) is 7.53. The average Bonchev–Trinajstić information content (AvgIpc) is 2.67. The van der Waals surface area contributed by atoms with Gasteiger partial charge in [0.05, 0.1) is 5.56 Å². The van der Waals surface area contributed by atoms with Crippen LogP contribution in [0.4, 0.5) is 0 Å². The van der Waals surface area contributed by atoms with Crippen molar-refractivity contribution in [1.82, 2.24) is 4.90 Å². The van der Waals surface area contributed by atoms with E-state index < -0.39 is 18.0 Å². The van der Waals surface area contributed by atoms with Gasteiger partial charge in [-0.3, -0.25) is 4.79 Å². The number of carboxylic acids is 2. The molecule has 2 aromatic rings. The molecule has 0 spiro atoms. The van der Waals surface area contributed by atoms with Crippen molar-refractivity contribution in [2.24, 2.45) is 5.92 Å². The minimum Gasteiger partial charge on any atom is -0.480 e. The fourth-order valence-corrected chi connectivity index (χ4v) is 3.39. The Balaban J connectivity index is 2.33. The molecule has 2 aromatic carbocycles. The highest BCUT2D eigenvalue weighted by molar-refractivity contribution is 5.96. The van der Waals surface area contributed by atoms with Gasteiger partial charge in [0.1, 0.15) is 6.04 Å². The standard InChI is InChI=1S/C23H27NO5/c1-4-7-20(25)24(21(15(2)3)23(28)29)14-16-10-12-17(13-11-16)18-8-5-6-9-19(18)22(26)27/h5-6,8-13,15,21H,4,7,14H2,1-3H3,(H,26,27)(H,28,29)/t21-/m0/s1. The molecule has 0 saturated heterocycles. The largest absolute Gasteiger partial charge is 0.480 e. The molecule has 154 valence electrons. The van der Waals surface area contributed by atoms with Crippen LogP contribution in [0.2, 0.25) is 0 Å². The number of carboxylic acid groups (broad SMARTS) is 2. The van der Waals surface area contributed by atoms with Gasteiger partial charge >= 0.3 is 11.9 Å². The zero-order chi connectivity index (χ0) is 21.6. The van der Waals surface area contributed by atoms with E-state index in [4.69, 9.17) is 0 Å². The van der Waals surface area contributed by atoms with E-state index in [1.54, 1.807) is 62.4 Å². The minimum atomic E-state index is -1.02. The highest BCUT2D eigenvalue weighted by Gasteiger charge is 2.31. The summed E-state index contributed by atoms with van der Waals surface area (Å²) in [4.78, 5) is 37.2. The maximum absolute atomic E-state index is 12.6. The van der Waals surface area contributed by atoms with Crippen molar-refractivity contribution in [2.75, 3.05) is 0 Å². The van der Waals surface area contributed by atoms with E-state index >= 15 is 0 Å². The first-order valence-electron chi connectivity index (χ1n) is 9.70. The highest BCUT2D eigenvalue weighted by Crippen LogP contribution is 2.25. The Bertz CT molecular complexity index is 873. The molecule has 0 radical (unpaired) electrons. The Hall–Kier alpha value is -3.15. The molecule has 0 saturated carbocycles. The lowest BCUT2D eigenvalue weighted by molar-refractivity contribution is -0.153. The van der Waals surface area contributed by atoms with E-state index in [-0.39, 0.29) is 23.9 Å². The number of nitrogens with zero attached hydrogens (tertiary/aromatic N) is 1. The van der Waals surface area contributed by atoms with Crippen molar-refractivity contribution in [3.8, 4) is 11.1 Å². The van der Waals surface area contributed by atoms with Crippen LogP contribution in [0.3, 0.4) is 0 Å². The van der Waals surface area contributed by atoms with Gasteiger partial charge in [0.15, 0.2) is 0 Å². The van der Waals surface area contributed by atoms with Crippen LogP contribution in [0.5, 0.6) is 0 Å². The predicted octanol–water partition coefficient (Wildman–Crippen LogP) is 4.29. The van der Waals surface area contributed by atoms with Crippen LogP contribution >= 0.6 is 0 Å². The lowest BCUT2D eigenvalue weighted by Gasteiger charge is -2.31. The van der Waals surface area contributed by atoms with Gasteiger partial charge in [-0.15, -0.1) is 0 Å². The summed E-state index contributed by atoms with van der Waals surface area (Å²) in [5.41, 5.74) is 2.36. The van der Waals surface area contributed by atoms with Gasteiger partial charge in [-0.25, -0.2) is 9.59 Å². The average molecular weight is 397 g/mol. The van der Waals surface area contributed by atoms with Crippen molar-refractivity contribution in [2.45, 2.75) is 46.2 Å². The van der Waals surface area contributed by atoms with E-state index in [2.05, 4.69) is 0 Å². The van der Waals surface area contributed by atoms with Crippen molar-refractivity contribution in [1.29, 1.82) is 0 Å². The second-order valence-corrected chi connectivity index (χ2v) is 7.35. The van der Waals surface area contributed by atoms with Gasteiger partial charge in [0.25, 0.3) is 0 Å². The molecule has 6 nitrogen and oxygen atoms in total. The molecule has 6 heteroatoms. The molecule has 2 N–H and O–H groups in total. The van der Waals surface area contributed by atoms with Gasteiger partial charge in [0, 0.05) is 13.0 Å². The second kappa shape index (κ2) is 9.87. The van der Waals surface area contributed by atoms with Crippen LogP contribution in [-0.4, -0.2) is 39.0 Å². The zero-order valence-electron chi connectivity index (χ0n) is 17.0. The number of carbonyl (C=O) groups is 3. The number of aromatic carboxylic acids is 1. The molecule has 0 aliphatic rings. The van der Waals surface area contributed by atoms with Gasteiger partial charge < -0.3 is 15.1 Å². The molecule has 29 heavy (non-hydrogen) atoms. The Morgan fingerprint density at radius 1 is 0.966 bits per heavy atom. The Morgan fingerprint density at radius 3 is 2.10 bits per heavy atom. The topological polar surface area (TPSA) is 94.9 Å². The SMILES string of the molecule is CCCC(=O)N(Cc1ccc(-c2ccccc2C(=O)O)cc1)[C@H](C(=O)O)C(C)C. The molecule has 0 heterocycles. The molecule has 0 aromatic heterocycles. The second-order valence-electron chi connectivity index (χ2n) is 7.35. The molecular formula is C23H27NO5. The Morgan fingerprint density at radius 2 is 1.59 bits per heavy atom. The third-order valence-corrected chi connectivity index (χ3v) is 4.78. The first-order valence-corrected chi connectivity index (χ1v) is 9.70. The van der Waals surface area contributed by atoms with E-state index in [1.807, 2.05) is 6.92 Å². The van der Waals surface area contributed by atoms with Crippen LogP contribution in [0.25, 0.3) is 11.1 Å². The third-order valence-electron chi connectivity index (χ3n) is 4.78. The van der Waals surface area contributed by atoms with E-state index in [1.165, 1.54) is 4.90 Å². The summed E-state index contributed by atoms with van der Waals surface area (Å²) in [6.07, 6.45) is 0.936. The number of aliphatic carboxylic acids is 1. The van der Waals surface area contributed by atoms with E-state index in [9.17, 15) is 24.6 Å². The smallest absolute Gasteiger partial charge is 0.336 e. The monoisotopic (exact) mass is 397 g/mol. The first kappa shape index (κ1) is 22.1. The van der Waals surface area contributed by atoms with Crippen LogP contribution in [0.1, 0.15) is 49.5 Å². The summed E-state index contributed by atoms with van der Waals surface area (Å²) in [6.45, 7) is 5.65. The summed E-state index contributed by atoms with van der Waals surface area (Å²) < 4.78 is 0. The lowest BCUT2D eigenvalue weighted by atomic mass is 9.97. The fraction of sp³-hybridized carbons (Fsp3) is 0.348. The summed E-state index contributed by atoms with van der Waals surface area (Å²) >= 11 is 0. The highest BCUT2D eigenvalue weighted by atomic mass is 16.4. The number of hydrogen-bond acceptors (Lipinski definition) is 3. The number of hydrogen-bond donors (Lipinski definition) is 2. The van der Waals surface area contributed by atoms with Crippen molar-refractivity contribution >= 4 is 17.8 Å². The number of benzene rings is 2. The molecule has 1 amide bonds. The predicted molar refractivity (Wildman–Crippen MR) is 111 cm³/mol. The van der Waals surface area contributed by atoms with Gasteiger partial charge in [-0.1, -0.05) is 63.2 Å². The lowest BCUT2D eigenvalue weighted by Crippen LogP contribution is -2.47. The first-order chi connectivity index (χ1) is 13.8. The van der Waals surface area contributed by atoms with E-state index in [0.717, 1.165) is 11.1 Å². The van der Waals surface area contributed by atoms with Crippen LogP contribution in [0, 0.1) is 5.92 Å². The van der Waals surface area contributed by atoms with Crippen LogP contribution in [0.15, 0.2) is 48.5 Å². The van der Waals surface area contributed by atoms with Crippen molar-refractivity contribution in [3.63, 3.8) is 0 Å². The normalized spacial score (nSPS) is 11.9. The maximum Gasteiger partial charge on any atom is 0.336 e. The number of carbonyl (C=O) groups excluding carboxylic acids is 1. The van der Waals surface area contributed by atoms with Gasteiger partial charge in [-0.2, -0.15) is 0 Å². The number of amides is 1. The summed E-state index contributed by atoms with van der Waals surface area (Å²) in [6, 6.07) is 13.1. The summed E-state index contributed by atoms with van der Waals surface area (Å²) in [5.74, 6) is -2.43. The Labute approximate surface area is 170 Å². The van der Waals surface area contributed by atoms with Gasteiger partial charge in [0.2, 0.25) is 5.91 Å². The third kappa shape index (κ3) is 5.44. The summed E-state index contributed by atoms with van der Waals surface area (Å²) in [5, 5.41) is 19.0. The van der Waals surface area contributed by atoms with Crippen LogP contribution < -0.4 is 0 Å². The molecular weight excluding hydrogens is 370 g/mol. The fourth-order valence-electron chi connectivity index (χ4n) is 3.39. The molecule has 0 unspecified atom stereocenters. The molecule has 1 atom stereocenters. The molecule has 0 aliphatic carbocycles. The van der Waals surface area contributed by atoms with Crippen molar-refractivity contribution in [3.05, 3.63) is 59.7 Å². The molecule has 0 fully saturated rings. The van der Waals surface area contributed by atoms with E-state index in [0.29, 0.717) is 18.4 Å². The molecule has 0 aliphatic heterocycles. The summed E-state index contributed by atoms with van der Waals surface area (Å²) in [7, 11) is 0. The maximum atomic E-state index is 12.6. The van der Waals surface area contributed by atoms with Gasteiger partial charge in [-0.05, 0) is 35.1 Å². The van der Waals surface area contributed by atoms with Crippen molar-refractivity contribution < 1.29 is 24.6 Å². The quantitative estimate of drug-likeness (QED) is 0.658. The minimum absolute atomic E-state index is 0.186. The zero-order valence-corrected chi connectivity index (χ0v) is 17.0. The van der Waals surface area contributed by atoms with Crippen LogP contribution in [-0.2, 0) is 16.1 Å².